The highest BCUT2D eigenvalue weighted by atomic mass is 16.5. The predicted octanol–water partition coefficient (Wildman–Crippen LogP) is 4.11. The number of carboxylic acids is 1. The van der Waals surface area contributed by atoms with Gasteiger partial charge in [-0.3, -0.25) is 9.36 Å². The summed E-state index contributed by atoms with van der Waals surface area (Å²) in [7, 11) is 0. The van der Waals surface area contributed by atoms with Gasteiger partial charge >= 0.3 is 17.3 Å². The van der Waals surface area contributed by atoms with E-state index in [2.05, 4.69) is 15.3 Å². The van der Waals surface area contributed by atoms with E-state index in [4.69, 9.17) is 4.74 Å². The van der Waals surface area contributed by atoms with Crippen LogP contribution in [0.2, 0.25) is 0 Å². The summed E-state index contributed by atoms with van der Waals surface area (Å²) in [6, 6.07) is 20.0. The van der Waals surface area contributed by atoms with Gasteiger partial charge in [-0.15, -0.1) is 0 Å². The van der Waals surface area contributed by atoms with E-state index in [1.807, 2.05) is 50.2 Å². The summed E-state index contributed by atoms with van der Waals surface area (Å²) in [5.74, 6) is -0.0598. The monoisotopic (exact) mass is 515 g/mol. The Kier molecular flexibility index (Phi) is 7.43. The molecule has 2 heterocycles. The first kappa shape index (κ1) is 26.3. The molecule has 0 saturated heterocycles. The molecule has 0 spiro atoms. The van der Waals surface area contributed by atoms with Crippen molar-refractivity contribution in [2.75, 3.05) is 5.32 Å². The van der Waals surface area contributed by atoms with E-state index in [0.717, 1.165) is 21.4 Å². The Morgan fingerprint density at radius 3 is 2.26 bits per heavy atom. The number of nitrogens with one attached hydrogen (secondary N) is 1. The van der Waals surface area contributed by atoms with Crippen LogP contribution in [-0.4, -0.2) is 30.2 Å². The normalized spacial score (nSPS) is 11.3. The standard InChI is InChI=1S/C28H29N5O5/c1-18-8-10-20(11-9-18)16-32-25(31-26(36)33(27(32)37)17-28(3,4)24(34)35)30-21-12-14-22(15-13-21)38-23-7-5-6-19(2)29-23/h5-15H,16-17H2,1-4H3,(H,34,35)(H,30,31,36). The predicted molar refractivity (Wildman–Crippen MR) is 143 cm³/mol. The third-order valence-corrected chi connectivity index (χ3v) is 5.94. The minimum absolute atomic E-state index is 0.0407. The lowest BCUT2D eigenvalue weighted by Crippen LogP contribution is -2.46. The second-order valence-electron chi connectivity index (χ2n) is 9.72. The Bertz CT molecular complexity index is 1570. The van der Waals surface area contributed by atoms with Crippen molar-refractivity contribution >= 4 is 17.6 Å². The molecule has 10 heteroatoms. The van der Waals surface area contributed by atoms with Crippen LogP contribution in [0.25, 0.3) is 0 Å². The fraction of sp³-hybridized carbons (Fsp3) is 0.250. The molecule has 0 fully saturated rings. The van der Waals surface area contributed by atoms with Crippen LogP contribution in [0, 0.1) is 19.3 Å². The van der Waals surface area contributed by atoms with Gasteiger partial charge in [0.25, 0.3) is 0 Å². The molecule has 0 saturated carbocycles. The minimum atomic E-state index is -1.34. The number of carbonyl (C=O) groups is 1. The van der Waals surface area contributed by atoms with Crippen molar-refractivity contribution in [1.82, 2.24) is 19.1 Å². The van der Waals surface area contributed by atoms with E-state index in [1.165, 1.54) is 18.4 Å². The lowest BCUT2D eigenvalue weighted by molar-refractivity contribution is -0.147. The Hall–Kier alpha value is -4.73. The fourth-order valence-electron chi connectivity index (χ4n) is 3.67. The fourth-order valence-corrected chi connectivity index (χ4v) is 3.67. The third kappa shape index (κ3) is 6.15. The Morgan fingerprint density at radius 1 is 0.947 bits per heavy atom. The summed E-state index contributed by atoms with van der Waals surface area (Å²) >= 11 is 0. The Labute approximate surface area is 219 Å². The van der Waals surface area contributed by atoms with Crippen LogP contribution in [0.3, 0.4) is 0 Å². The van der Waals surface area contributed by atoms with Crippen molar-refractivity contribution in [2.45, 2.75) is 40.8 Å². The zero-order chi connectivity index (χ0) is 27.4. The van der Waals surface area contributed by atoms with E-state index >= 15 is 0 Å². The molecule has 10 nitrogen and oxygen atoms in total. The number of anilines is 2. The van der Waals surface area contributed by atoms with Gasteiger partial charge in [-0.2, -0.15) is 4.98 Å². The highest BCUT2D eigenvalue weighted by Gasteiger charge is 2.30. The van der Waals surface area contributed by atoms with Crippen LogP contribution in [0.5, 0.6) is 11.6 Å². The highest BCUT2D eigenvalue weighted by molar-refractivity contribution is 5.73. The molecule has 196 valence electrons. The highest BCUT2D eigenvalue weighted by Crippen LogP contribution is 2.23. The average molecular weight is 516 g/mol. The van der Waals surface area contributed by atoms with Gasteiger partial charge in [0.2, 0.25) is 11.8 Å². The lowest BCUT2D eigenvalue weighted by Gasteiger charge is -2.21. The molecule has 0 aliphatic heterocycles. The maximum atomic E-state index is 13.5. The van der Waals surface area contributed by atoms with Crippen molar-refractivity contribution in [3.8, 4) is 11.6 Å². The lowest BCUT2D eigenvalue weighted by atomic mass is 9.94. The number of ether oxygens (including phenoxy) is 1. The summed E-state index contributed by atoms with van der Waals surface area (Å²) < 4.78 is 7.97. The molecule has 2 N–H and O–H groups in total. The molecule has 2 aromatic carbocycles. The molecule has 4 rings (SSSR count). The molecular formula is C28H29N5O5. The molecule has 38 heavy (non-hydrogen) atoms. The summed E-state index contributed by atoms with van der Waals surface area (Å²) in [5, 5.41) is 12.6. The number of nitrogens with zero attached hydrogens (tertiary/aromatic N) is 4. The quantitative estimate of drug-likeness (QED) is 0.341. The van der Waals surface area contributed by atoms with Gasteiger partial charge in [0.1, 0.15) is 5.75 Å². The smallest absolute Gasteiger partial charge is 0.354 e. The summed E-state index contributed by atoms with van der Waals surface area (Å²) in [6.45, 7) is 6.55. The maximum Gasteiger partial charge on any atom is 0.354 e. The van der Waals surface area contributed by atoms with E-state index in [0.29, 0.717) is 17.3 Å². The first-order chi connectivity index (χ1) is 18.0. The van der Waals surface area contributed by atoms with E-state index in [1.54, 1.807) is 30.3 Å². The first-order valence-electron chi connectivity index (χ1n) is 12.0. The molecule has 0 aliphatic rings. The first-order valence-corrected chi connectivity index (χ1v) is 12.0. The van der Waals surface area contributed by atoms with Gasteiger partial charge in [-0.1, -0.05) is 35.9 Å². The van der Waals surface area contributed by atoms with Crippen LogP contribution < -0.4 is 21.4 Å². The second kappa shape index (κ2) is 10.7. The van der Waals surface area contributed by atoms with Gasteiger partial charge in [0.05, 0.1) is 12.0 Å². The van der Waals surface area contributed by atoms with Crippen LogP contribution in [0.15, 0.2) is 76.3 Å². The molecule has 4 aromatic rings. The number of aromatic nitrogens is 4. The van der Waals surface area contributed by atoms with Gasteiger partial charge in [0.15, 0.2) is 0 Å². The van der Waals surface area contributed by atoms with Crippen molar-refractivity contribution < 1.29 is 14.6 Å². The van der Waals surface area contributed by atoms with E-state index in [-0.39, 0.29) is 19.0 Å². The van der Waals surface area contributed by atoms with Crippen LogP contribution in [0.1, 0.15) is 30.7 Å². The second-order valence-corrected chi connectivity index (χ2v) is 9.72. The number of aliphatic carboxylic acids is 1. The maximum absolute atomic E-state index is 13.5. The van der Waals surface area contributed by atoms with Crippen LogP contribution >= 0.6 is 0 Å². The number of pyridine rings is 1. The van der Waals surface area contributed by atoms with Crippen molar-refractivity contribution in [2.24, 2.45) is 5.41 Å². The molecule has 2 aromatic heterocycles. The number of carboxylic acid groups (broad SMARTS) is 1. The number of benzene rings is 2. The van der Waals surface area contributed by atoms with Crippen molar-refractivity contribution in [3.05, 3.63) is 105 Å². The topological polar surface area (TPSA) is 128 Å². The molecule has 0 atom stereocenters. The van der Waals surface area contributed by atoms with Crippen LogP contribution in [-0.2, 0) is 17.9 Å². The van der Waals surface area contributed by atoms with Crippen LogP contribution in [0.4, 0.5) is 11.6 Å². The van der Waals surface area contributed by atoms with E-state index in [9.17, 15) is 19.5 Å². The van der Waals surface area contributed by atoms with Crippen molar-refractivity contribution in [3.63, 3.8) is 0 Å². The number of hydrogen-bond acceptors (Lipinski definition) is 7. The van der Waals surface area contributed by atoms with Gasteiger partial charge in [-0.05, 0) is 63.6 Å². The summed E-state index contributed by atoms with van der Waals surface area (Å²) in [6.07, 6.45) is 0. The molecule has 0 unspecified atom stereocenters. The number of hydrogen-bond donors (Lipinski definition) is 2. The largest absolute Gasteiger partial charge is 0.481 e. The minimum Gasteiger partial charge on any atom is -0.481 e. The molecule has 0 radical (unpaired) electrons. The average Bonchev–Trinajstić information content (AvgIpc) is 2.86. The zero-order valence-corrected chi connectivity index (χ0v) is 21.6. The van der Waals surface area contributed by atoms with Gasteiger partial charge < -0.3 is 15.2 Å². The third-order valence-electron chi connectivity index (χ3n) is 5.94. The Balaban J connectivity index is 1.68. The summed E-state index contributed by atoms with van der Waals surface area (Å²) in [5.41, 5.74) is 0.449. The Morgan fingerprint density at radius 2 is 1.63 bits per heavy atom. The van der Waals surface area contributed by atoms with E-state index < -0.39 is 22.8 Å². The zero-order valence-electron chi connectivity index (χ0n) is 21.6. The number of rotatable bonds is 9. The van der Waals surface area contributed by atoms with Gasteiger partial charge in [0, 0.05) is 24.0 Å². The SMILES string of the molecule is Cc1ccc(Cn2c(Nc3ccc(Oc4cccc(C)n4)cc3)nc(=O)n(CC(C)(C)C(=O)O)c2=O)cc1. The van der Waals surface area contributed by atoms with Crippen molar-refractivity contribution in [1.29, 1.82) is 0 Å². The number of aryl methyl sites for hydroxylation is 2. The molecule has 0 bridgehead atoms. The van der Waals surface area contributed by atoms with Gasteiger partial charge in [-0.25, -0.2) is 19.1 Å². The molecular weight excluding hydrogens is 486 g/mol. The molecule has 0 amide bonds. The molecule has 0 aliphatic carbocycles. The summed E-state index contributed by atoms with van der Waals surface area (Å²) in [4.78, 5) is 46.4.